The number of hydrogen-bond acceptors (Lipinski definition) is 6. The first-order valence-corrected chi connectivity index (χ1v) is 27.5. The summed E-state index contributed by atoms with van der Waals surface area (Å²) in [6.07, 6.45) is 32.5. The van der Waals surface area contributed by atoms with Crippen molar-refractivity contribution in [2.24, 2.45) is 24.8 Å². The zero-order chi connectivity index (χ0) is 48.8. The molecule has 2 unspecified atom stereocenters. The molecule has 3 fully saturated rings. The van der Waals surface area contributed by atoms with E-state index in [9.17, 15) is 9.90 Å². The van der Waals surface area contributed by atoms with E-state index in [2.05, 4.69) is 41.7 Å². The number of nitrogens with one attached hydrogen (secondary N) is 1. The summed E-state index contributed by atoms with van der Waals surface area (Å²) in [5.74, 6) is -0.171. The number of aliphatic carboxylic acids is 1. The third-order valence-electron chi connectivity index (χ3n) is 16.1. The van der Waals surface area contributed by atoms with Crippen molar-refractivity contribution in [2.45, 2.75) is 166 Å². The van der Waals surface area contributed by atoms with Crippen molar-refractivity contribution in [1.82, 2.24) is 29.3 Å². The van der Waals surface area contributed by atoms with Crippen LogP contribution in [0.5, 0.6) is 0 Å². The first kappa shape index (κ1) is 50.1. The normalized spacial score (nSPS) is 21.3. The summed E-state index contributed by atoms with van der Waals surface area (Å²) in [6, 6.07) is 33.9. The van der Waals surface area contributed by atoms with E-state index >= 15 is 4.39 Å². The number of aromatic nitrogens is 6. The fourth-order valence-electron chi connectivity index (χ4n) is 12.3. The average molecular weight is 958 g/mol. The molecule has 3 aromatic carbocycles. The highest BCUT2D eigenvalue weighted by Crippen LogP contribution is 2.44. The molecule has 0 spiro atoms. The molecule has 374 valence electrons. The minimum Gasteiger partial charge on any atom is -0.481 e. The summed E-state index contributed by atoms with van der Waals surface area (Å²) in [4.78, 5) is 29.1. The lowest BCUT2D eigenvalue weighted by Gasteiger charge is -2.36. The smallest absolute Gasteiger partial charge is 0.308 e. The average Bonchev–Trinajstić information content (AvgIpc) is 3.97. The van der Waals surface area contributed by atoms with Crippen molar-refractivity contribution in [1.29, 1.82) is 0 Å². The molecular weight excluding hydrogens is 882 g/mol. The van der Waals surface area contributed by atoms with E-state index in [-0.39, 0.29) is 12.0 Å². The van der Waals surface area contributed by atoms with E-state index in [0.29, 0.717) is 39.9 Å². The van der Waals surface area contributed by atoms with E-state index < -0.39 is 23.2 Å². The van der Waals surface area contributed by atoms with Crippen molar-refractivity contribution in [3.8, 4) is 11.5 Å². The highest BCUT2D eigenvalue weighted by atomic mass is 19.1. The van der Waals surface area contributed by atoms with Crippen LogP contribution in [0.15, 0.2) is 116 Å². The van der Waals surface area contributed by atoms with Crippen molar-refractivity contribution in [3.05, 3.63) is 138 Å². The fraction of sp³-hybridized carbons (Fsp3) is 0.492. The van der Waals surface area contributed by atoms with Crippen LogP contribution in [0, 0.1) is 23.6 Å². The molecule has 0 radical (unpaired) electrons. The predicted octanol–water partition coefficient (Wildman–Crippen LogP) is 15.5. The maximum atomic E-state index is 15.7. The Morgan fingerprint density at radius 3 is 1.61 bits per heavy atom. The van der Waals surface area contributed by atoms with Gasteiger partial charge in [-0.25, -0.2) is 24.0 Å². The standard InChI is InChI=1S/C61H76FN7O2/c1-68-42-41-51-56(64-53-36-28-17-15-13-11-9-7-5-3-2-4-6-8-10-12-14-16-21-29-45-37-39-46(40-38-45)54(53)60(70)71)65-57(66-59(51)68)55-52-43-50(62)44-63-58(52)69(67-55)61(47-30-22-18-23-31-47,48-32-24-19-25-33-48)49-34-26-20-27-35-49/h18-20,22-27,30-35,41-46,53-54H,2-17,21,28-29,36-40H2,1H3,(H,70,71)(H,64,65,66). The van der Waals surface area contributed by atoms with Gasteiger partial charge in [0.1, 0.15) is 28.5 Å². The molecule has 0 amide bonds. The van der Waals surface area contributed by atoms with Crippen LogP contribution < -0.4 is 5.32 Å². The SMILES string of the molecule is Cn1ccc2c(NC3CCCCCCCCCCCCCCCCCCCCC4CCC(CC4)C3C(=O)O)nc(-c3nn(C(c4ccccc4)(c4ccccc4)c4ccccc4)c4ncc(F)cc34)nc21. The van der Waals surface area contributed by atoms with E-state index in [1.165, 1.54) is 115 Å². The number of benzene rings is 3. The molecule has 7 aromatic rings. The van der Waals surface area contributed by atoms with Crippen molar-refractivity contribution >= 4 is 33.9 Å². The number of aryl methyl sites for hydroxylation is 1. The third kappa shape index (κ3) is 11.7. The minimum atomic E-state index is -1.04. The number of carboxylic acids is 1. The zero-order valence-corrected chi connectivity index (χ0v) is 42.2. The molecule has 3 saturated carbocycles. The highest BCUT2D eigenvalue weighted by Gasteiger charge is 2.42. The van der Waals surface area contributed by atoms with Crippen LogP contribution in [0.25, 0.3) is 33.6 Å². The number of nitrogens with zero attached hydrogens (tertiary/aromatic N) is 6. The quantitative estimate of drug-likeness (QED) is 0.146. The van der Waals surface area contributed by atoms with Crippen LogP contribution in [0.1, 0.15) is 171 Å². The van der Waals surface area contributed by atoms with E-state index in [1.807, 2.05) is 83.2 Å². The zero-order valence-electron chi connectivity index (χ0n) is 42.2. The number of halogens is 1. The first-order chi connectivity index (χ1) is 34.9. The van der Waals surface area contributed by atoms with Crippen LogP contribution >= 0.6 is 0 Å². The Hall–Kier alpha value is -5.90. The van der Waals surface area contributed by atoms with Gasteiger partial charge in [-0.3, -0.25) is 4.79 Å². The Bertz CT molecular complexity index is 2650. The molecule has 3 aliphatic carbocycles. The van der Waals surface area contributed by atoms with Gasteiger partial charge in [-0.1, -0.05) is 226 Å². The number of rotatable bonds is 8. The second-order valence-electron chi connectivity index (χ2n) is 21.0. The van der Waals surface area contributed by atoms with Crippen molar-refractivity contribution in [3.63, 3.8) is 0 Å². The molecule has 3 aliphatic rings. The molecular formula is C61H76FN7O2. The van der Waals surface area contributed by atoms with Gasteiger partial charge in [0.05, 0.1) is 22.9 Å². The Kier molecular flexibility index (Phi) is 17.3. The number of carboxylic acid groups (broad SMARTS) is 1. The molecule has 4 heterocycles. The lowest BCUT2D eigenvalue weighted by Crippen LogP contribution is -2.41. The van der Waals surface area contributed by atoms with E-state index in [1.54, 1.807) is 0 Å². The number of fused-ring (bicyclic) bond motifs is 25. The van der Waals surface area contributed by atoms with Crippen molar-refractivity contribution < 1.29 is 14.3 Å². The van der Waals surface area contributed by atoms with Gasteiger partial charge in [-0.05, 0) is 59.9 Å². The van der Waals surface area contributed by atoms with E-state index in [4.69, 9.17) is 20.1 Å². The van der Waals surface area contributed by atoms with Gasteiger partial charge in [-0.2, -0.15) is 5.10 Å². The van der Waals surface area contributed by atoms with Crippen LogP contribution in [-0.2, 0) is 17.4 Å². The van der Waals surface area contributed by atoms with Crippen molar-refractivity contribution in [2.75, 3.05) is 5.32 Å². The molecule has 71 heavy (non-hydrogen) atoms. The Labute approximate surface area is 421 Å². The molecule has 2 atom stereocenters. The third-order valence-corrected chi connectivity index (χ3v) is 16.1. The Morgan fingerprint density at radius 1 is 0.606 bits per heavy atom. The van der Waals surface area contributed by atoms with Crippen LogP contribution in [-0.4, -0.2) is 46.4 Å². The van der Waals surface area contributed by atoms with Gasteiger partial charge in [0.15, 0.2) is 11.5 Å². The molecule has 2 N–H and O–H groups in total. The molecule has 9 nitrogen and oxygen atoms in total. The lowest BCUT2D eigenvalue weighted by molar-refractivity contribution is -0.145. The van der Waals surface area contributed by atoms with Gasteiger partial charge in [-0.15, -0.1) is 0 Å². The fourth-order valence-corrected chi connectivity index (χ4v) is 12.3. The number of carbonyl (C=O) groups is 1. The minimum absolute atomic E-state index is 0.0724. The predicted molar refractivity (Wildman–Crippen MR) is 286 cm³/mol. The monoisotopic (exact) mass is 958 g/mol. The molecule has 10 rings (SSSR count). The Morgan fingerprint density at radius 2 is 1.10 bits per heavy atom. The maximum Gasteiger partial charge on any atom is 0.308 e. The van der Waals surface area contributed by atoms with Gasteiger partial charge < -0.3 is 15.0 Å². The second kappa shape index (κ2) is 24.5. The van der Waals surface area contributed by atoms with Gasteiger partial charge >= 0.3 is 5.97 Å². The van der Waals surface area contributed by atoms with Gasteiger partial charge in [0.2, 0.25) is 0 Å². The second-order valence-corrected chi connectivity index (χ2v) is 21.0. The summed E-state index contributed by atoms with van der Waals surface area (Å²) >= 11 is 0. The first-order valence-electron chi connectivity index (χ1n) is 27.5. The molecule has 0 saturated heterocycles. The summed E-state index contributed by atoms with van der Waals surface area (Å²) in [6.45, 7) is 0. The molecule has 0 aliphatic heterocycles. The lowest BCUT2D eigenvalue weighted by atomic mass is 9.71. The number of pyridine rings is 1. The molecule has 4 aromatic heterocycles. The number of hydrogen-bond donors (Lipinski definition) is 2. The summed E-state index contributed by atoms with van der Waals surface area (Å²) in [5.41, 5.74) is 3.36. The largest absolute Gasteiger partial charge is 0.481 e. The Balaban J connectivity index is 1.08. The van der Waals surface area contributed by atoms with Gasteiger partial charge in [0.25, 0.3) is 0 Å². The molecule has 2 bridgehead atoms. The van der Waals surface area contributed by atoms with Gasteiger partial charge in [0, 0.05) is 19.3 Å². The van der Waals surface area contributed by atoms with Crippen LogP contribution in [0.2, 0.25) is 0 Å². The summed E-state index contributed by atoms with van der Waals surface area (Å²) in [7, 11) is 1.96. The summed E-state index contributed by atoms with van der Waals surface area (Å²) in [5, 5.41) is 21.9. The topological polar surface area (TPSA) is 111 Å². The molecule has 10 heteroatoms. The summed E-state index contributed by atoms with van der Waals surface area (Å²) < 4.78 is 19.6. The maximum absolute atomic E-state index is 15.7. The number of anilines is 1. The van der Waals surface area contributed by atoms with Crippen LogP contribution in [0.4, 0.5) is 10.2 Å². The van der Waals surface area contributed by atoms with E-state index in [0.717, 1.165) is 73.4 Å². The van der Waals surface area contributed by atoms with Crippen LogP contribution in [0.3, 0.4) is 0 Å². The highest BCUT2D eigenvalue weighted by molar-refractivity contribution is 5.94.